The third-order valence-corrected chi connectivity index (χ3v) is 4.68. The van der Waals surface area contributed by atoms with Crippen LogP contribution in [0.5, 0.6) is 11.5 Å². The molecule has 7 nitrogen and oxygen atoms in total. The Morgan fingerprint density at radius 2 is 1.39 bits per heavy atom. The largest absolute Gasteiger partial charge is 0.507 e. The van der Waals surface area contributed by atoms with Crippen LogP contribution in [0.15, 0.2) is 72.8 Å². The fourth-order valence-electron chi connectivity index (χ4n) is 3.04. The molecule has 0 saturated heterocycles. The van der Waals surface area contributed by atoms with E-state index in [-0.39, 0.29) is 5.75 Å². The first-order chi connectivity index (χ1) is 15.1. The summed E-state index contributed by atoms with van der Waals surface area (Å²) in [5.41, 5.74) is 2.34. The number of nitrogens with zero attached hydrogens (tertiary/aromatic N) is 3. The number of rotatable bonds is 5. The summed E-state index contributed by atoms with van der Waals surface area (Å²) in [6.07, 6.45) is 0. The third kappa shape index (κ3) is 4.20. The summed E-state index contributed by atoms with van der Waals surface area (Å²) in [6, 6.07) is 21.1. The van der Waals surface area contributed by atoms with Gasteiger partial charge in [0.1, 0.15) is 11.5 Å². The molecule has 4 aromatic rings. The molecule has 0 fully saturated rings. The van der Waals surface area contributed by atoms with E-state index >= 15 is 0 Å². The second-order valence-corrected chi connectivity index (χ2v) is 6.62. The van der Waals surface area contributed by atoms with Crippen LogP contribution in [0.25, 0.3) is 34.2 Å². The molecule has 0 aliphatic heterocycles. The normalized spacial score (nSPS) is 10.5. The van der Waals surface area contributed by atoms with Crippen LogP contribution in [-0.4, -0.2) is 40.2 Å². The number of methoxy groups -OCH3 is 2. The van der Waals surface area contributed by atoms with Crippen molar-refractivity contribution in [1.29, 1.82) is 0 Å². The Balaban J connectivity index is 1.88. The number of hydrogen-bond acceptors (Lipinski definition) is 7. The lowest BCUT2D eigenvalue weighted by Crippen LogP contribution is -2.02. The Morgan fingerprint density at radius 1 is 0.774 bits per heavy atom. The van der Waals surface area contributed by atoms with Gasteiger partial charge in [0.25, 0.3) is 0 Å². The topological polar surface area (TPSA) is 94.4 Å². The van der Waals surface area contributed by atoms with Crippen molar-refractivity contribution >= 4 is 5.97 Å². The van der Waals surface area contributed by atoms with Crippen LogP contribution in [0.3, 0.4) is 0 Å². The van der Waals surface area contributed by atoms with Gasteiger partial charge < -0.3 is 14.6 Å². The van der Waals surface area contributed by atoms with E-state index in [4.69, 9.17) is 9.47 Å². The highest BCUT2D eigenvalue weighted by molar-refractivity contribution is 5.89. The van der Waals surface area contributed by atoms with E-state index in [1.54, 1.807) is 43.5 Å². The van der Waals surface area contributed by atoms with Crippen LogP contribution < -0.4 is 4.74 Å². The van der Waals surface area contributed by atoms with E-state index in [9.17, 15) is 9.90 Å². The van der Waals surface area contributed by atoms with E-state index in [1.807, 2.05) is 30.3 Å². The molecule has 4 rings (SSSR count). The Kier molecular flexibility index (Phi) is 5.57. The number of carbonyl (C=O) groups excluding carboxylic acids is 1. The maximum absolute atomic E-state index is 11.7. The molecule has 0 bridgehead atoms. The van der Waals surface area contributed by atoms with Crippen molar-refractivity contribution in [2.24, 2.45) is 0 Å². The lowest BCUT2D eigenvalue weighted by atomic mass is 10.1. The zero-order chi connectivity index (χ0) is 21.8. The lowest BCUT2D eigenvalue weighted by Gasteiger charge is -2.10. The molecule has 7 heteroatoms. The SMILES string of the molecule is COC(=O)c1ccc(-c2nc(-c3ccccc3)nc(-c3cc(OC)ccc3O)n2)cc1. The van der Waals surface area contributed by atoms with E-state index in [0.29, 0.717) is 39.9 Å². The summed E-state index contributed by atoms with van der Waals surface area (Å²) in [7, 11) is 2.88. The molecular formula is C24H19N3O4. The van der Waals surface area contributed by atoms with Crippen LogP contribution in [0.1, 0.15) is 10.4 Å². The highest BCUT2D eigenvalue weighted by Crippen LogP contribution is 2.32. The first-order valence-corrected chi connectivity index (χ1v) is 9.46. The number of hydrogen-bond donors (Lipinski definition) is 1. The average Bonchev–Trinajstić information content (AvgIpc) is 2.84. The Labute approximate surface area is 179 Å². The van der Waals surface area contributed by atoms with Gasteiger partial charge in [0.05, 0.1) is 25.3 Å². The van der Waals surface area contributed by atoms with Gasteiger partial charge in [0.2, 0.25) is 0 Å². The molecule has 0 radical (unpaired) electrons. The van der Waals surface area contributed by atoms with Crippen LogP contribution in [0.2, 0.25) is 0 Å². The fourth-order valence-corrected chi connectivity index (χ4v) is 3.04. The molecule has 1 N–H and O–H groups in total. The Morgan fingerprint density at radius 3 is 2.00 bits per heavy atom. The maximum atomic E-state index is 11.7. The number of phenolic OH excluding ortho intramolecular Hbond substituents is 1. The van der Waals surface area contributed by atoms with Gasteiger partial charge in [-0.3, -0.25) is 0 Å². The second-order valence-electron chi connectivity index (χ2n) is 6.62. The van der Waals surface area contributed by atoms with Crippen molar-refractivity contribution in [1.82, 2.24) is 15.0 Å². The summed E-state index contributed by atoms with van der Waals surface area (Å²) in [6.45, 7) is 0. The van der Waals surface area contributed by atoms with Gasteiger partial charge in [-0.05, 0) is 30.3 Å². The van der Waals surface area contributed by atoms with Crippen molar-refractivity contribution in [3.05, 3.63) is 78.4 Å². The molecule has 0 amide bonds. The quantitative estimate of drug-likeness (QED) is 0.485. The molecule has 0 saturated carbocycles. The maximum Gasteiger partial charge on any atom is 0.337 e. The summed E-state index contributed by atoms with van der Waals surface area (Å²) >= 11 is 0. The molecule has 0 atom stereocenters. The number of aromatic nitrogens is 3. The predicted octanol–water partition coefficient (Wildman–Crippen LogP) is 4.37. The van der Waals surface area contributed by atoms with Gasteiger partial charge in [-0.25, -0.2) is 19.7 Å². The van der Waals surface area contributed by atoms with Gasteiger partial charge in [0, 0.05) is 11.1 Å². The number of ether oxygens (including phenoxy) is 2. The number of carbonyl (C=O) groups is 1. The van der Waals surface area contributed by atoms with Gasteiger partial charge in [-0.1, -0.05) is 42.5 Å². The van der Waals surface area contributed by atoms with Gasteiger partial charge in [-0.15, -0.1) is 0 Å². The first-order valence-electron chi connectivity index (χ1n) is 9.46. The lowest BCUT2D eigenvalue weighted by molar-refractivity contribution is 0.0600. The van der Waals surface area contributed by atoms with E-state index in [2.05, 4.69) is 15.0 Å². The molecule has 31 heavy (non-hydrogen) atoms. The number of aromatic hydroxyl groups is 1. The van der Waals surface area contributed by atoms with E-state index in [1.165, 1.54) is 13.2 Å². The number of esters is 1. The molecule has 154 valence electrons. The van der Waals surface area contributed by atoms with Crippen molar-refractivity contribution in [2.45, 2.75) is 0 Å². The molecule has 0 aliphatic carbocycles. The molecule has 1 aromatic heterocycles. The van der Waals surface area contributed by atoms with Crippen LogP contribution in [-0.2, 0) is 4.74 Å². The van der Waals surface area contributed by atoms with Crippen LogP contribution >= 0.6 is 0 Å². The van der Waals surface area contributed by atoms with E-state index < -0.39 is 5.97 Å². The third-order valence-electron chi connectivity index (χ3n) is 4.68. The molecule has 1 heterocycles. The standard InChI is InChI=1S/C24H19N3O4/c1-30-18-12-13-20(28)19(14-18)23-26-21(15-6-4-3-5-7-15)25-22(27-23)16-8-10-17(11-9-16)24(29)31-2/h3-14,28H,1-2H3. The number of benzene rings is 3. The predicted molar refractivity (Wildman–Crippen MR) is 116 cm³/mol. The zero-order valence-corrected chi connectivity index (χ0v) is 16.9. The second kappa shape index (κ2) is 8.62. The van der Waals surface area contributed by atoms with E-state index in [0.717, 1.165) is 5.56 Å². The molecule has 0 spiro atoms. The summed E-state index contributed by atoms with van der Waals surface area (Å²) in [5, 5.41) is 10.4. The van der Waals surface area contributed by atoms with Crippen molar-refractivity contribution in [3.63, 3.8) is 0 Å². The Bertz CT molecular complexity index is 1230. The molecule has 3 aromatic carbocycles. The minimum absolute atomic E-state index is 0.0259. The minimum Gasteiger partial charge on any atom is -0.507 e. The smallest absolute Gasteiger partial charge is 0.337 e. The fraction of sp³-hybridized carbons (Fsp3) is 0.0833. The molecule has 0 unspecified atom stereocenters. The van der Waals surface area contributed by atoms with Gasteiger partial charge in [-0.2, -0.15) is 0 Å². The Hall–Kier alpha value is -4.26. The highest BCUT2D eigenvalue weighted by atomic mass is 16.5. The van der Waals surface area contributed by atoms with Crippen molar-refractivity contribution in [2.75, 3.05) is 14.2 Å². The monoisotopic (exact) mass is 413 g/mol. The summed E-state index contributed by atoms with van der Waals surface area (Å²) in [5.74, 6) is 1.34. The minimum atomic E-state index is -0.422. The molecular weight excluding hydrogens is 394 g/mol. The first kappa shape index (κ1) is 20.0. The number of phenols is 1. The highest BCUT2D eigenvalue weighted by Gasteiger charge is 2.16. The van der Waals surface area contributed by atoms with Gasteiger partial charge in [0.15, 0.2) is 17.5 Å². The average molecular weight is 413 g/mol. The van der Waals surface area contributed by atoms with Gasteiger partial charge >= 0.3 is 5.97 Å². The van der Waals surface area contributed by atoms with Crippen LogP contribution in [0.4, 0.5) is 0 Å². The zero-order valence-electron chi connectivity index (χ0n) is 16.9. The van der Waals surface area contributed by atoms with Crippen molar-refractivity contribution in [3.8, 4) is 45.7 Å². The van der Waals surface area contributed by atoms with Crippen LogP contribution in [0, 0.1) is 0 Å². The summed E-state index contributed by atoms with van der Waals surface area (Å²) in [4.78, 5) is 25.5. The molecule has 0 aliphatic rings. The summed E-state index contributed by atoms with van der Waals surface area (Å²) < 4.78 is 10.0. The van der Waals surface area contributed by atoms with Crippen molar-refractivity contribution < 1.29 is 19.4 Å².